The quantitative estimate of drug-likeness (QED) is 0.582. The van der Waals surface area contributed by atoms with Crippen LogP contribution in [0.4, 0.5) is 0 Å². The van der Waals surface area contributed by atoms with E-state index in [4.69, 9.17) is 9.47 Å². The average molecular weight is 385 g/mol. The third-order valence-electron chi connectivity index (χ3n) is 6.85. The molecule has 0 N–H and O–H groups in total. The Morgan fingerprint density at radius 2 is 1.93 bits per heavy atom. The third-order valence-corrected chi connectivity index (χ3v) is 8.99. The van der Waals surface area contributed by atoms with Gasteiger partial charge in [0.1, 0.15) is 0 Å². The first-order chi connectivity index (χ1) is 12.8. The van der Waals surface area contributed by atoms with E-state index in [0.29, 0.717) is 13.0 Å². The van der Waals surface area contributed by atoms with E-state index in [2.05, 4.69) is 43.9 Å². The van der Waals surface area contributed by atoms with Crippen LogP contribution >= 0.6 is 0 Å². The molecule has 0 radical (unpaired) electrons. The average Bonchev–Trinajstić information content (AvgIpc) is 3.24. The van der Waals surface area contributed by atoms with Crippen molar-refractivity contribution in [3.05, 3.63) is 41.5 Å². The minimum atomic E-state index is -1.64. The first-order valence-corrected chi connectivity index (χ1v) is 13.3. The maximum absolute atomic E-state index is 13.0. The van der Waals surface area contributed by atoms with Gasteiger partial charge in [-0.1, -0.05) is 60.7 Å². The molecule has 4 unspecified atom stereocenters. The van der Waals surface area contributed by atoms with Crippen molar-refractivity contribution in [3.63, 3.8) is 0 Å². The summed E-state index contributed by atoms with van der Waals surface area (Å²) in [7, 11) is -0.166. The maximum Gasteiger partial charge on any atom is 0.312 e. The van der Waals surface area contributed by atoms with Gasteiger partial charge in [0.25, 0.3) is 0 Å². The number of methoxy groups -OCH3 is 1. The normalized spacial score (nSPS) is 34.1. The van der Waals surface area contributed by atoms with E-state index < -0.39 is 13.5 Å². The van der Waals surface area contributed by atoms with Crippen molar-refractivity contribution in [2.45, 2.75) is 38.9 Å². The van der Waals surface area contributed by atoms with Gasteiger partial charge in [0.05, 0.1) is 33.1 Å². The van der Waals surface area contributed by atoms with E-state index in [9.17, 15) is 9.59 Å². The summed E-state index contributed by atoms with van der Waals surface area (Å²) in [5.74, 6) is -0.285. The van der Waals surface area contributed by atoms with Crippen molar-refractivity contribution in [2.24, 2.45) is 23.2 Å². The molecule has 4 nitrogen and oxygen atoms in total. The lowest BCUT2D eigenvalue weighted by Gasteiger charge is -2.31. The van der Waals surface area contributed by atoms with Crippen LogP contribution in [0.3, 0.4) is 0 Å². The van der Waals surface area contributed by atoms with E-state index in [-0.39, 0.29) is 29.7 Å². The lowest BCUT2D eigenvalue weighted by atomic mass is 9.73. The van der Waals surface area contributed by atoms with E-state index in [1.165, 1.54) is 23.4 Å². The Hall–Kier alpha value is -1.88. The topological polar surface area (TPSA) is 52.6 Å². The van der Waals surface area contributed by atoms with Crippen LogP contribution in [0, 0.1) is 23.2 Å². The van der Waals surface area contributed by atoms with Gasteiger partial charge in [0.2, 0.25) is 0 Å². The van der Waals surface area contributed by atoms with Crippen molar-refractivity contribution in [1.82, 2.24) is 0 Å². The van der Waals surface area contributed by atoms with Gasteiger partial charge in [0, 0.05) is 5.92 Å². The van der Waals surface area contributed by atoms with Crippen molar-refractivity contribution in [2.75, 3.05) is 13.7 Å². The highest BCUT2D eigenvalue weighted by Crippen LogP contribution is 2.64. The second-order valence-corrected chi connectivity index (χ2v) is 14.3. The molecule has 4 rings (SSSR count). The lowest BCUT2D eigenvalue weighted by Crippen LogP contribution is -2.39. The number of cyclic esters (lactones) is 1. The molecule has 1 heterocycles. The number of benzene rings is 1. The van der Waals surface area contributed by atoms with Gasteiger partial charge in [-0.15, -0.1) is 0 Å². The standard InChI is InChI=1S/C22H28O4Si/c1-25-21(24)22-12-15(10-16(22)11-17-18(22)13-26-20(17)23)19(27(2,3)4)14-8-6-5-7-9-14/h5-9,16-18H,10-13H2,1-4H3/b19-15-. The van der Waals surface area contributed by atoms with Gasteiger partial charge >= 0.3 is 11.9 Å². The number of esters is 2. The molecule has 0 aromatic heterocycles. The van der Waals surface area contributed by atoms with E-state index in [0.717, 1.165) is 12.8 Å². The smallest absolute Gasteiger partial charge is 0.312 e. The summed E-state index contributed by atoms with van der Waals surface area (Å²) in [6.07, 6.45) is 2.34. The zero-order valence-electron chi connectivity index (χ0n) is 16.6. The fourth-order valence-electron chi connectivity index (χ4n) is 5.95. The summed E-state index contributed by atoms with van der Waals surface area (Å²) >= 11 is 0. The Bertz CT molecular complexity index is 807. The van der Waals surface area contributed by atoms with Gasteiger partial charge in [-0.05, 0) is 30.7 Å². The summed E-state index contributed by atoms with van der Waals surface area (Å²) in [5.41, 5.74) is 2.08. The van der Waals surface area contributed by atoms with Crippen molar-refractivity contribution in [3.8, 4) is 0 Å². The summed E-state index contributed by atoms with van der Waals surface area (Å²) in [6, 6.07) is 10.6. The number of rotatable bonds is 3. The summed E-state index contributed by atoms with van der Waals surface area (Å²) < 4.78 is 10.6. The van der Waals surface area contributed by atoms with Crippen LogP contribution in [-0.2, 0) is 19.1 Å². The second-order valence-electron chi connectivity index (χ2n) is 9.28. The SMILES string of the molecule is COC(=O)C12C/C(=C(/c3ccccc3)[Si](C)(C)C)CC1CC1C(=O)OCC12. The molecular weight excluding hydrogens is 356 g/mol. The van der Waals surface area contributed by atoms with Crippen molar-refractivity contribution >= 4 is 25.2 Å². The van der Waals surface area contributed by atoms with Gasteiger partial charge in [0.15, 0.2) is 0 Å². The summed E-state index contributed by atoms with van der Waals surface area (Å²) in [5, 5.41) is 1.46. The van der Waals surface area contributed by atoms with Crippen LogP contribution in [0.15, 0.2) is 35.9 Å². The van der Waals surface area contributed by atoms with Crippen LogP contribution in [0.2, 0.25) is 19.6 Å². The first kappa shape index (κ1) is 18.5. The van der Waals surface area contributed by atoms with E-state index in [1.807, 2.05) is 6.07 Å². The van der Waals surface area contributed by atoms with E-state index >= 15 is 0 Å². The Kier molecular flexibility index (Phi) is 4.33. The molecule has 0 amide bonds. The molecule has 5 heteroatoms. The monoisotopic (exact) mass is 384 g/mol. The molecule has 3 aliphatic rings. The van der Waals surface area contributed by atoms with Crippen LogP contribution in [0.5, 0.6) is 0 Å². The molecule has 1 aliphatic heterocycles. The summed E-state index contributed by atoms with van der Waals surface area (Å²) in [6.45, 7) is 7.46. The molecule has 2 saturated carbocycles. The van der Waals surface area contributed by atoms with Gasteiger partial charge in [-0.3, -0.25) is 9.59 Å². The molecule has 0 bridgehead atoms. The minimum absolute atomic E-state index is 0.0430. The number of carbonyl (C=O) groups excluding carboxylic acids is 2. The first-order valence-electron chi connectivity index (χ1n) is 9.82. The number of fused-ring (bicyclic) bond motifs is 3. The number of allylic oxidation sites excluding steroid dienone is 1. The molecule has 3 fully saturated rings. The second kappa shape index (κ2) is 6.33. The van der Waals surface area contributed by atoms with E-state index in [1.54, 1.807) is 0 Å². The zero-order valence-corrected chi connectivity index (χ0v) is 17.6. The fraction of sp³-hybridized carbons (Fsp3) is 0.545. The lowest BCUT2D eigenvalue weighted by molar-refractivity contribution is -0.157. The Morgan fingerprint density at radius 3 is 2.56 bits per heavy atom. The Morgan fingerprint density at radius 1 is 1.22 bits per heavy atom. The van der Waals surface area contributed by atoms with Gasteiger partial charge < -0.3 is 9.47 Å². The summed E-state index contributed by atoms with van der Waals surface area (Å²) in [4.78, 5) is 25.2. The molecule has 144 valence electrons. The minimum Gasteiger partial charge on any atom is -0.469 e. The van der Waals surface area contributed by atoms with Crippen molar-refractivity contribution in [1.29, 1.82) is 0 Å². The molecule has 0 spiro atoms. The molecular formula is C22H28O4Si. The van der Waals surface area contributed by atoms with Crippen molar-refractivity contribution < 1.29 is 19.1 Å². The maximum atomic E-state index is 13.0. The Balaban J connectivity index is 1.83. The fourth-order valence-corrected chi connectivity index (χ4v) is 8.24. The van der Waals surface area contributed by atoms with Crippen LogP contribution in [-0.4, -0.2) is 33.7 Å². The third kappa shape index (κ3) is 2.70. The number of ether oxygens (including phenoxy) is 2. The van der Waals surface area contributed by atoms with Gasteiger partial charge in [-0.25, -0.2) is 0 Å². The largest absolute Gasteiger partial charge is 0.469 e. The zero-order chi connectivity index (χ0) is 19.4. The highest BCUT2D eigenvalue weighted by atomic mass is 28.3. The highest BCUT2D eigenvalue weighted by molar-refractivity contribution is 6.93. The number of hydrogen-bond donors (Lipinski definition) is 0. The predicted molar refractivity (Wildman–Crippen MR) is 106 cm³/mol. The predicted octanol–water partition coefficient (Wildman–Crippen LogP) is 4.08. The molecule has 1 saturated heterocycles. The van der Waals surface area contributed by atoms with Crippen LogP contribution in [0.25, 0.3) is 5.20 Å². The molecule has 2 aliphatic carbocycles. The molecule has 1 aromatic rings. The number of carbonyl (C=O) groups is 2. The molecule has 27 heavy (non-hydrogen) atoms. The molecule has 4 atom stereocenters. The Labute approximate surface area is 161 Å². The number of hydrogen-bond acceptors (Lipinski definition) is 4. The van der Waals surface area contributed by atoms with Crippen LogP contribution in [0.1, 0.15) is 24.8 Å². The molecule has 1 aromatic carbocycles. The van der Waals surface area contributed by atoms with Crippen LogP contribution < -0.4 is 0 Å². The highest BCUT2D eigenvalue weighted by Gasteiger charge is 2.67. The van der Waals surface area contributed by atoms with Gasteiger partial charge in [-0.2, -0.15) is 0 Å².